The number of pyridine rings is 1. The van der Waals surface area contributed by atoms with Gasteiger partial charge in [-0.3, -0.25) is 14.9 Å². The zero-order valence-corrected chi connectivity index (χ0v) is 19.7. The maximum absolute atomic E-state index is 15.0. The molecule has 2 amide bonds. The number of aromatic nitrogens is 1. The monoisotopic (exact) mass is 498 g/mol. The van der Waals surface area contributed by atoms with Crippen LogP contribution < -0.4 is 20.9 Å². The number of likely N-dealkylation sites (tertiary alicyclic amines) is 1. The number of morpholine rings is 1. The molecule has 9 nitrogen and oxygen atoms in total. The number of amides is 2. The average molecular weight is 499 g/mol. The summed E-state index contributed by atoms with van der Waals surface area (Å²) in [6.07, 6.45) is 3.03. The minimum absolute atomic E-state index is 0.0268. The van der Waals surface area contributed by atoms with Gasteiger partial charge in [0.15, 0.2) is 0 Å². The number of hydrogen-bond acceptors (Lipinski definition) is 7. The third-order valence-electron chi connectivity index (χ3n) is 6.75. The predicted octanol–water partition coefficient (Wildman–Crippen LogP) is 2.45. The van der Waals surface area contributed by atoms with Crippen LogP contribution in [-0.2, 0) is 9.53 Å². The smallest absolute Gasteiger partial charge is 0.257 e. The van der Waals surface area contributed by atoms with Crippen LogP contribution in [0.15, 0.2) is 37.1 Å². The molecule has 2 saturated heterocycles. The molecule has 2 fully saturated rings. The Kier molecular flexibility index (Phi) is 6.84. The number of nitrogens with one attached hydrogen (secondary N) is 3. The summed E-state index contributed by atoms with van der Waals surface area (Å²) in [6.45, 7) is 7.09. The molecule has 2 unspecified atom stereocenters. The first-order valence-electron chi connectivity index (χ1n) is 12.0. The SMILES string of the molecule is C=CC(=O)N1CCCC(NC2NC(=O)c3c(Nc4ccc(N5CCOCC5)cc4F)ncc(F)c32)C1. The van der Waals surface area contributed by atoms with Crippen LogP contribution in [0.3, 0.4) is 0 Å². The fourth-order valence-corrected chi connectivity index (χ4v) is 4.94. The molecule has 0 spiro atoms. The molecule has 11 heteroatoms. The fraction of sp³-hybridized carbons (Fsp3) is 0.400. The quantitative estimate of drug-likeness (QED) is 0.527. The van der Waals surface area contributed by atoms with Crippen molar-refractivity contribution in [1.82, 2.24) is 20.5 Å². The van der Waals surface area contributed by atoms with Crippen molar-refractivity contribution in [3.8, 4) is 0 Å². The van der Waals surface area contributed by atoms with Crippen LogP contribution in [0.4, 0.5) is 26.0 Å². The third kappa shape index (κ3) is 4.76. The minimum Gasteiger partial charge on any atom is -0.378 e. The Morgan fingerprint density at radius 3 is 2.78 bits per heavy atom. The first-order valence-corrected chi connectivity index (χ1v) is 12.0. The van der Waals surface area contributed by atoms with Crippen molar-refractivity contribution >= 4 is 29.0 Å². The molecule has 0 aliphatic carbocycles. The molecule has 2 aromatic rings. The van der Waals surface area contributed by atoms with Gasteiger partial charge in [0.25, 0.3) is 5.91 Å². The third-order valence-corrected chi connectivity index (χ3v) is 6.75. The van der Waals surface area contributed by atoms with Gasteiger partial charge in [-0.25, -0.2) is 13.8 Å². The standard InChI is InChI=1S/C25H28F2N6O3/c1-2-20(34)33-7-3-4-15(14-33)29-24-21-18(27)13-28-23(22(21)25(35)31-24)30-19-6-5-16(12-17(19)26)32-8-10-36-11-9-32/h2,5-6,12-13,15,24,29H,1,3-4,7-11,14H2,(H,28,30)(H,31,35). The Balaban J connectivity index is 1.35. The highest BCUT2D eigenvalue weighted by atomic mass is 19.1. The molecule has 0 radical (unpaired) electrons. The Bertz CT molecular complexity index is 1190. The number of carbonyl (C=O) groups excluding carboxylic acids is 2. The highest BCUT2D eigenvalue weighted by Gasteiger charge is 2.37. The number of halogens is 2. The Morgan fingerprint density at radius 2 is 2.03 bits per heavy atom. The Labute approximate surface area is 207 Å². The van der Waals surface area contributed by atoms with Crippen LogP contribution in [0.25, 0.3) is 0 Å². The molecule has 36 heavy (non-hydrogen) atoms. The summed E-state index contributed by atoms with van der Waals surface area (Å²) >= 11 is 0. The number of rotatable bonds is 6. The summed E-state index contributed by atoms with van der Waals surface area (Å²) in [5, 5.41) is 8.87. The second-order valence-electron chi connectivity index (χ2n) is 9.03. The molecule has 2 atom stereocenters. The molecule has 0 saturated carbocycles. The number of ether oxygens (including phenoxy) is 1. The molecule has 190 valence electrons. The molecule has 1 aromatic carbocycles. The maximum atomic E-state index is 15.0. The van der Waals surface area contributed by atoms with Gasteiger partial charge in [-0.05, 0) is 37.1 Å². The lowest BCUT2D eigenvalue weighted by atomic mass is 10.0. The van der Waals surface area contributed by atoms with Gasteiger partial charge in [-0.2, -0.15) is 0 Å². The highest BCUT2D eigenvalue weighted by molar-refractivity contribution is 6.04. The lowest BCUT2D eigenvalue weighted by Crippen LogP contribution is -2.50. The zero-order chi connectivity index (χ0) is 25.2. The van der Waals surface area contributed by atoms with Crippen LogP contribution in [0.5, 0.6) is 0 Å². The van der Waals surface area contributed by atoms with Crippen LogP contribution in [0.1, 0.15) is 34.9 Å². The lowest BCUT2D eigenvalue weighted by molar-refractivity contribution is -0.127. The summed E-state index contributed by atoms with van der Waals surface area (Å²) < 4.78 is 35.2. The van der Waals surface area contributed by atoms with Crippen molar-refractivity contribution in [2.75, 3.05) is 49.6 Å². The summed E-state index contributed by atoms with van der Waals surface area (Å²) in [5.74, 6) is -1.78. The average Bonchev–Trinajstić information content (AvgIpc) is 3.23. The first-order chi connectivity index (χ1) is 17.4. The summed E-state index contributed by atoms with van der Waals surface area (Å²) in [7, 11) is 0. The van der Waals surface area contributed by atoms with Gasteiger partial charge in [-0.1, -0.05) is 6.58 Å². The number of carbonyl (C=O) groups is 2. The van der Waals surface area contributed by atoms with Crippen LogP contribution >= 0.6 is 0 Å². The fourth-order valence-electron chi connectivity index (χ4n) is 4.94. The summed E-state index contributed by atoms with van der Waals surface area (Å²) in [5.41, 5.74) is 1.01. The van der Waals surface area contributed by atoms with E-state index >= 15 is 0 Å². The first kappa shape index (κ1) is 24.1. The topological polar surface area (TPSA) is 98.8 Å². The Hall–Kier alpha value is -3.57. The van der Waals surface area contributed by atoms with E-state index in [1.807, 2.05) is 4.90 Å². The summed E-state index contributed by atoms with van der Waals surface area (Å²) in [6, 6.07) is 4.63. The van der Waals surface area contributed by atoms with E-state index in [9.17, 15) is 18.4 Å². The molecule has 3 aliphatic rings. The molecule has 1 aromatic heterocycles. The van der Waals surface area contributed by atoms with Crippen LogP contribution in [-0.4, -0.2) is 67.1 Å². The van der Waals surface area contributed by atoms with Gasteiger partial charge in [0.05, 0.1) is 30.7 Å². The second kappa shape index (κ2) is 10.2. The number of piperidine rings is 1. The minimum atomic E-state index is -0.798. The number of fused-ring (bicyclic) bond motifs is 1. The van der Waals surface area contributed by atoms with Gasteiger partial charge in [0.2, 0.25) is 5.91 Å². The van der Waals surface area contributed by atoms with E-state index in [0.29, 0.717) is 39.4 Å². The Morgan fingerprint density at radius 1 is 1.22 bits per heavy atom. The molecule has 3 N–H and O–H groups in total. The lowest BCUT2D eigenvalue weighted by Gasteiger charge is -2.34. The van der Waals surface area contributed by atoms with E-state index in [0.717, 1.165) is 24.7 Å². The van der Waals surface area contributed by atoms with Crippen molar-refractivity contribution in [2.24, 2.45) is 0 Å². The van der Waals surface area contributed by atoms with Crippen LogP contribution in [0.2, 0.25) is 0 Å². The number of nitrogens with zero attached hydrogens (tertiary/aromatic N) is 3. The number of hydrogen-bond donors (Lipinski definition) is 3. The molecule has 4 heterocycles. The van der Waals surface area contributed by atoms with Gasteiger partial charge in [-0.15, -0.1) is 0 Å². The van der Waals surface area contributed by atoms with E-state index in [1.54, 1.807) is 17.0 Å². The van der Waals surface area contributed by atoms with Gasteiger partial charge < -0.3 is 25.2 Å². The van der Waals surface area contributed by atoms with E-state index in [2.05, 4.69) is 27.5 Å². The van der Waals surface area contributed by atoms with E-state index < -0.39 is 23.7 Å². The van der Waals surface area contributed by atoms with Gasteiger partial charge >= 0.3 is 0 Å². The number of benzene rings is 1. The maximum Gasteiger partial charge on any atom is 0.257 e. The molecule has 5 rings (SSSR count). The molecule has 0 bridgehead atoms. The summed E-state index contributed by atoms with van der Waals surface area (Å²) in [4.78, 5) is 32.6. The molecular weight excluding hydrogens is 470 g/mol. The van der Waals surface area contributed by atoms with Crippen molar-refractivity contribution in [3.63, 3.8) is 0 Å². The highest BCUT2D eigenvalue weighted by Crippen LogP contribution is 2.34. The molecule has 3 aliphatic heterocycles. The van der Waals surface area contributed by atoms with Gasteiger partial charge in [0.1, 0.15) is 23.6 Å². The zero-order valence-electron chi connectivity index (χ0n) is 19.7. The van der Waals surface area contributed by atoms with E-state index in [-0.39, 0.29) is 34.6 Å². The largest absolute Gasteiger partial charge is 0.378 e. The predicted molar refractivity (Wildman–Crippen MR) is 130 cm³/mol. The van der Waals surface area contributed by atoms with E-state index in [4.69, 9.17) is 4.74 Å². The van der Waals surface area contributed by atoms with Crippen LogP contribution in [0, 0.1) is 11.6 Å². The normalized spacial score (nSPS) is 21.7. The second-order valence-corrected chi connectivity index (χ2v) is 9.03. The van der Waals surface area contributed by atoms with Gasteiger partial charge in [0, 0.05) is 43.5 Å². The van der Waals surface area contributed by atoms with Crippen molar-refractivity contribution < 1.29 is 23.1 Å². The number of anilines is 3. The van der Waals surface area contributed by atoms with Crippen molar-refractivity contribution in [1.29, 1.82) is 0 Å². The van der Waals surface area contributed by atoms with Crippen molar-refractivity contribution in [3.05, 3.63) is 59.8 Å². The molecular formula is C25H28F2N6O3. The van der Waals surface area contributed by atoms with Crippen molar-refractivity contribution in [2.45, 2.75) is 25.0 Å². The van der Waals surface area contributed by atoms with E-state index in [1.165, 1.54) is 12.1 Å².